The lowest BCUT2D eigenvalue weighted by atomic mass is 10.1. The maximum absolute atomic E-state index is 13.3. The van der Waals surface area contributed by atoms with E-state index >= 15 is 0 Å². The Bertz CT molecular complexity index is 843. The topological polar surface area (TPSA) is 32.7 Å². The maximum atomic E-state index is 13.3. The number of benzene rings is 2. The Morgan fingerprint density at radius 1 is 1.04 bits per heavy atom. The highest BCUT2D eigenvalue weighted by atomic mass is 32.2. The summed E-state index contributed by atoms with van der Waals surface area (Å²) < 4.78 is 40.0. The molecule has 3 nitrogen and oxygen atoms in total. The van der Waals surface area contributed by atoms with E-state index in [0.29, 0.717) is 5.56 Å². The molecule has 0 radical (unpaired) electrons. The van der Waals surface area contributed by atoms with Gasteiger partial charge >= 0.3 is 6.18 Å². The first-order valence-electron chi connectivity index (χ1n) is 7.31. The van der Waals surface area contributed by atoms with Crippen LogP contribution in [0.5, 0.6) is 0 Å². The Balaban J connectivity index is 2.03. The molecule has 0 N–H and O–H groups in total. The van der Waals surface area contributed by atoms with Crippen LogP contribution in [0.15, 0.2) is 70.2 Å². The second kappa shape index (κ2) is 6.76. The summed E-state index contributed by atoms with van der Waals surface area (Å²) in [6.45, 7) is 0. The summed E-state index contributed by atoms with van der Waals surface area (Å²) in [7, 11) is 0. The standard InChI is InChI=1S/C18H13F3N2OS/c1-25-14-9-7-12(8-10-14)11-15-16(18(19,20)21)22-23(17(15)24)13-5-3-2-4-6-13/h2-11H,1H3/b15-11-. The van der Waals surface area contributed by atoms with Crippen LogP contribution in [0.25, 0.3) is 6.08 Å². The van der Waals surface area contributed by atoms with Crippen LogP contribution in [0.4, 0.5) is 18.9 Å². The van der Waals surface area contributed by atoms with Crippen molar-refractivity contribution in [2.75, 3.05) is 11.3 Å². The second-order valence-corrected chi connectivity index (χ2v) is 6.11. The number of nitrogens with zero attached hydrogens (tertiary/aromatic N) is 2. The van der Waals surface area contributed by atoms with Gasteiger partial charge in [-0.3, -0.25) is 4.79 Å². The minimum absolute atomic E-state index is 0.287. The van der Waals surface area contributed by atoms with E-state index in [2.05, 4.69) is 5.10 Å². The van der Waals surface area contributed by atoms with Gasteiger partial charge in [-0.05, 0) is 42.2 Å². The van der Waals surface area contributed by atoms with Crippen molar-refractivity contribution in [3.8, 4) is 0 Å². The molecular weight excluding hydrogens is 349 g/mol. The highest BCUT2D eigenvalue weighted by Gasteiger charge is 2.46. The van der Waals surface area contributed by atoms with E-state index in [0.717, 1.165) is 9.90 Å². The first-order valence-corrected chi connectivity index (χ1v) is 8.54. The number of alkyl halides is 3. The normalized spacial score (nSPS) is 16.5. The fourth-order valence-electron chi connectivity index (χ4n) is 2.37. The Kier molecular flexibility index (Phi) is 4.67. The fraction of sp³-hybridized carbons (Fsp3) is 0.111. The summed E-state index contributed by atoms with van der Waals surface area (Å²) in [5.74, 6) is -0.799. The summed E-state index contributed by atoms with van der Waals surface area (Å²) in [6.07, 6.45) is -1.59. The molecule has 1 aliphatic rings. The molecule has 0 fully saturated rings. The Hall–Kier alpha value is -2.54. The molecule has 0 aromatic heterocycles. The molecule has 0 atom stereocenters. The van der Waals surface area contributed by atoms with Crippen LogP contribution < -0.4 is 5.01 Å². The summed E-state index contributed by atoms with van der Waals surface area (Å²) >= 11 is 1.52. The van der Waals surface area contributed by atoms with Crippen molar-refractivity contribution in [2.45, 2.75) is 11.1 Å². The molecule has 1 heterocycles. The Morgan fingerprint density at radius 3 is 2.24 bits per heavy atom. The highest BCUT2D eigenvalue weighted by Crippen LogP contribution is 2.32. The average Bonchev–Trinajstić information content (AvgIpc) is 2.93. The van der Waals surface area contributed by atoms with Crippen molar-refractivity contribution in [1.29, 1.82) is 0 Å². The molecule has 128 valence electrons. The molecule has 2 aromatic rings. The van der Waals surface area contributed by atoms with Crippen LogP contribution in [0.2, 0.25) is 0 Å². The van der Waals surface area contributed by atoms with E-state index in [1.807, 2.05) is 6.26 Å². The Morgan fingerprint density at radius 2 is 1.68 bits per heavy atom. The zero-order valence-electron chi connectivity index (χ0n) is 13.1. The van der Waals surface area contributed by atoms with Crippen molar-refractivity contribution >= 4 is 35.1 Å². The van der Waals surface area contributed by atoms with Gasteiger partial charge in [0.05, 0.1) is 11.3 Å². The van der Waals surface area contributed by atoms with Crippen LogP contribution in [0.1, 0.15) is 5.56 Å². The number of rotatable bonds is 3. The van der Waals surface area contributed by atoms with Crippen molar-refractivity contribution in [3.05, 3.63) is 65.7 Å². The molecule has 0 aliphatic carbocycles. The van der Waals surface area contributed by atoms with Crippen molar-refractivity contribution in [3.63, 3.8) is 0 Å². The van der Waals surface area contributed by atoms with Gasteiger partial charge in [0.15, 0.2) is 5.71 Å². The van der Waals surface area contributed by atoms with Crippen LogP contribution >= 0.6 is 11.8 Å². The predicted octanol–water partition coefficient (Wildman–Crippen LogP) is 4.76. The predicted molar refractivity (Wildman–Crippen MR) is 93.6 cm³/mol. The third-order valence-corrected chi connectivity index (χ3v) is 4.32. The smallest absolute Gasteiger partial charge is 0.267 e. The molecule has 1 amide bonds. The van der Waals surface area contributed by atoms with E-state index in [1.54, 1.807) is 42.5 Å². The highest BCUT2D eigenvalue weighted by molar-refractivity contribution is 7.98. The molecular formula is C18H13F3N2OS. The Labute approximate surface area is 146 Å². The van der Waals surface area contributed by atoms with Gasteiger partial charge in [0, 0.05) is 4.90 Å². The van der Waals surface area contributed by atoms with E-state index in [-0.39, 0.29) is 5.69 Å². The number of hydrogen-bond acceptors (Lipinski definition) is 3. The average molecular weight is 362 g/mol. The zero-order chi connectivity index (χ0) is 18.0. The molecule has 1 aliphatic heterocycles. The van der Waals surface area contributed by atoms with Crippen molar-refractivity contribution in [2.24, 2.45) is 5.10 Å². The quantitative estimate of drug-likeness (QED) is 0.583. The SMILES string of the molecule is CSc1ccc(/C=C2\C(=O)N(c3ccccc3)N=C2C(F)(F)F)cc1. The van der Waals surface area contributed by atoms with Crippen LogP contribution in [0, 0.1) is 0 Å². The summed E-state index contributed by atoms with van der Waals surface area (Å²) in [5.41, 5.74) is -0.855. The third kappa shape index (κ3) is 3.61. The van der Waals surface area contributed by atoms with Gasteiger partial charge in [0.2, 0.25) is 0 Å². The minimum Gasteiger partial charge on any atom is -0.267 e. The van der Waals surface area contributed by atoms with E-state index in [9.17, 15) is 18.0 Å². The summed E-state index contributed by atoms with van der Waals surface area (Å²) in [6, 6.07) is 15.0. The fourth-order valence-corrected chi connectivity index (χ4v) is 2.77. The number of amides is 1. The second-order valence-electron chi connectivity index (χ2n) is 5.23. The molecule has 0 unspecified atom stereocenters. The van der Waals surface area contributed by atoms with Gasteiger partial charge in [-0.1, -0.05) is 30.3 Å². The molecule has 0 spiro atoms. The minimum atomic E-state index is -4.72. The number of hydrogen-bond donors (Lipinski definition) is 0. The number of anilines is 1. The number of carbonyl (C=O) groups is 1. The van der Waals surface area contributed by atoms with Gasteiger partial charge in [0.1, 0.15) is 0 Å². The van der Waals surface area contributed by atoms with Crippen molar-refractivity contribution in [1.82, 2.24) is 0 Å². The first-order chi connectivity index (χ1) is 11.9. The lowest BCUT2D eigenvalue weighted by Gasteiger charge is -2.10. The van der Waals surface area contributed by atoms with Gasteiger partial charge in [0.25, 0.3) is 5.91 Å². The third-order valence-electron chi connectivity index (χ3n) is 3.57. The summed E-state index contributed by atoms with van der Waals surface area (Å²) in [4.78, 5) is 13.5. The molecule has 2 aromatic carbocycles. The summed E-state index contributed by atoms with van der Waals surface area (Å²) in [5, 5.41) is 4.31. The van der Waals surface area contributed by atoms with Crippen LogP contribution in [-0.2, 0) is 4.79 Å². The number of halogens is 3. The first kappa shape index (κ1) is 17.3. The molecule has 0 saturated heterocycles. The molecule has 3 rings (SSSR count). The van der Waals surface area contributed by atoms with E-state index in [1.165, 1.54) is 30.0 Å². The number of thioether (sulfide) groups is 1. The molecule has 0 bridgehead atoms. The maximum Gasteiger partial charge on any atom is 0.435 e. The van der Waals surface area contributed by atoms with Crippen molar-refractivity contribution < 1.29 is 18.0 Å². The van der Waals surface area contributed by atoms with Gasteiger partial charge in [-0.25, -0.2) is 0 Å². The lowest BCUT2D eigenvalue weighted by Crippen LogP contribution is -2.25. The van der Waals surface area contributed by atoms with Gasteiger partial charge < -0.3 is 0 Å². The molecule has 0 saturated carbocycles. The molecule has 25 heavy (non-hydrogen) atoms. The monoisotopic (exact) mass is 362 g/mol. The van der Waals surface area contributed by atoms with Crippen LogP contribution in [0.3, 0.4) is 0 Å². The van der Waals surface area contributed by atoms with Gasteiger partial charge in [-0.2, -0.15) is 23.3 Å². The zero-order valence-corrected chi connectivity index (χ0v) is 13.9. The van der Waals surface area contributed by atoms with Crippen LogP contribution in [-0.4, -0.2) is 24.1 Å². The van der Waals surface area contributed by atoms with E-state index in [4.69, 9.17) is 0 Å². The van der Waals surface area contributed by atoms with Gasteiger partial charge in [-0.15, -0.1) is 11.8 Å². The lowest BCUT2D eigenvalue weighted by molar-refractivity contribution is -0.114. The largest absolute Gasteiger partial charge is 0.435 e. The number of para-hydroxylation sites is 1. The molecule has 7 heteroatoms. The van der Waals surface area contributed by atoms with E-state index < -0.39 is 23.4 Å². The number of hydrazone groups is 1. The number of carbonyl (C=O) groups excluding carboxylic acids is 1.